The van der Waals surface area contributed by atoms with Crippen LogP contribution >= 0.6 is 0 Å². The van der Waals surface area contributed by atoms with Gasteiger partial charge in [-0.25, -0.2) is 0 Å². The van der Waals surface area contributed by atoms with Crippen LogP contribution in [0.15, 0.2) is 0 Å². The Morgan fingerprint density at radius 3 is 3.15 bits per heavy atom. The zero-order valence-corrected chi connectivity index (χ0v) is 12.4. The molecule has 2 aliphatic heterocycles. The molecule has 0 aliphatic carbocycles. The van der Waals surface area contributed by atoms with Gasteiger partial charge in [0.25, 0.3) is 5.91 Å². The normalized spacial score (nSPS) is 22.4. The van der Waals surface area contributed by atoms with Crippen LogP contribution in [0.2, 0.25) is 0 Å². The number of amides is 1. The smallest absolute Gasteiger partial charge is 0.274 e. The van der Waals surface area contributed by atoms with Crippen molar-refractivity contribution in [2.24, 2.45) is 11.8 Å². The van der Waals surface area contributed by atoms with Crippen molar-refractivity contribution < 1.29 is 4.79 Å². The molecule has 1 aromatic rings. The lowest BCUT2D eigenvalue weighted by atomic mass is 9.97. The van der Waals surface area contributed by atoms with Crippen molar-refractivity contribution >= 4 is 5.91 Å². The first-order valence-electron chi connectivity index (χ1n) is 7.71. The highest BCUT2D eigenvalue weighted by Gasteiger charge is 2.31. The Bertz CT molecular complexity index is 494. The molecule has 0 bridgehead atoms. The van der Waals surface area contributed by atoms with Gasteiger partial charge in [-0.3, -0.25) is 9.89 Å². The third-order valence-electron chi connectivity index (χ3n) is 4.39. The lowest BCUT2D eigenvalue weighted by molar-refractivity contribution is 0.0778. The molecule has 0 spiro atoms. The maximum atomic E-state index is 12.6. The van der Waals surface area contributed by atoms with E-state index in [9.17, 15) is 4.79 Å². The van der Waals surface area contributed by atoms with Gasteiger partial charge in [0, 0.05) is 43.9 Å². The topological polar surface area (TPSA) is 61.0 Å². The fourth-order valence-corrected chi connectivity index (χ4v) is 3.43. The van der Waals surface area contributed by atoms with Crippen molar-refractivity contribution in [1.29, 1.82) is 0 Å². The molecule has 1 fully saturated rings. The molecule has 5 nitrogen and oxygen atoms in total. The Kier molecular flexibility index (Phi) is 3.78. The minimum atomic E-state index is 0.109. The molecule has 0 radical (unpaired) electrons. The van der Waals surface area contributed by atoms with E-state index in [1.54, 1.807) is 0 Å². The van der Waals surface area contributed by atoms with E-state index in [-0.39, 0.29) is 5.91 Å². The molecule has 1 unspecified atom stereocenters. The molecule has 1 atom stereocenters. The lowest BCUT2D eigenvalue weighted by Gasteiger charge is -2.18. The maximum absolute atomic E-state index is 12.6. The summed E-state index contributed by atoms with van der Waals surface area (Å²) in [6, 6.07) is 0. The van der Waals surface area contributed by atoms with E-state index in [1.165, 1.54) is 6.42 Å². The van der Waals surface area contributed by atoms with Crippen molar-refractivity contribution in [1.82, 2.24) is 20.4 Å². The quantitative estimate of drug-likeness (QED) is 0.881. The lowest BCUT2D eigenvalue weighted by Crippen LogP contribution is -2.31. The summed E-state index contributed by atoms with van der Waals surface area (Å²) in [5, 5.41) is 10.6. The molecular formula is C15H24N4O. The Morgan fingerprint density at radius 1 is 1.50 bits per heavy atom. The molecule has 1 aromatic heterocycles. The van der Waals surface area contributed by atoms with E-state index in [1.807, 2.05) is 4.90 Å². The van der Waals surface area contributed by atoms with E-state index in [0.29, 0.717) is 17.5 Å². The number of rotatable bonds is 3. The molecule has 1 amide bonds. The largest absolute Gasteiger partial charge is 0.337 e. The van der Waals surface area contributed by atoms with Crippen LogP contribution in [0, 0.1) is 11.8 Å². The molecule has 2 aliphatic rings. The molecule has 3 rings (SSSR count). The predicted molar refractivity (Wildman–Crippen MR) is 77.5 cm³/mol. The number of aromatic amines is 1. The summed E-state index contributed by atoms with van der Waals surface area (Å²) in [6.07, 6.45) is 3.28. The highest BCUT2D eigenvalue weighted by molar-refractivity contribution is 5.94. The Balaban J connectivity index is 1.69. The Labute approximate surface area is 120 Å². The van der Waals surface area contributed by atoms with Crippen molar-refractivity contribution in [2.75, 3.05) is 19.6 Å². The molecule has 2 N–H and O–H groups in total. The summed E-state index contributed by atoms with van der Waals surface area (Å²) >= 11 is 0. The third kappa shape index (κ3) is 2.59. The second-order valence-electron chi connectivity index (χ2n) is 6.49. The van der Waals surface area contributed by atoms with Crippen molar-refractivity contribution in [3.63, 3.8) is 0 Å². The van der Waals surface area contributed by atoms with Gasteiger partial charge in [-0.15, -0.1) is 0 Å². The van der Waals surface area contributed by atoms with Gasteiger partial charge in [-0.2, -0.15) is 5.10 Å². The third-order valence-corrected chi connectivity index (χ3v) is 4.39. The summed E-state index contributed by atoms with van der Waals surface area (Å²) < 4.78 is 0. The molecule has 0 aromatic carbocycles. The van der Waals surface area contributed by atoms with Crippen LogP contribution < -0.4 is 5.32 Å². The van der Waals surface area contributed by atoms with Gasteiger partial charge in [0.2, 0.25) is 0 Å². The summed E-state index contributed by atoms with van der Waals surface area (Å²) in [6.45, 7) is 8.00. The zero-order chi connectivity index (χ0) is 14.1. The summed E-state index contributed by atoms with van der Waals surface area (Å²) in [4.78, 5) is 14.6. The van der Waals surface area contributed by atoms with Crippen LogP contribution in [0.5, 0.6) is 0 Å². The molecule has 20 heavy (non-hydrogen) atoms. The SMILES string of the molecule is CC(C)CC1CCN(C(=O)c2n[nH]c3c2CNCC3)C1. The van der Waals surface area contributed by atoms with Crippen LogP contribution in [0.4, 0.5) is 0 Å². The second-order valence-corrected chi connectivity index (χ2v) is 6.49. The average Bonchev–Trinajstić information content (AvgIpc) is 3.03. The van der Waals surface area contributed by atoms with Crippen LogP contribution in [0.25, 0.3) is 0 Å². The number of nitrogens with zero attached hydrogens (tertiary/aromatic N) is 2. The number of carbonyl (C=O) groups is 1. The molecular weight excluding hydrogens is 252 g/mol. The highest BCUT2D eigenvalue weighted by Crippen LogP contribution is 2.25. The summed E-state index contributed by atoms with van der Waals surface area (Å²) in [5.74, 6) is 1.47. The number of nitrogens with one attached hydrogen (secondary N) is 2. The standard InChI is InChI=1S/C15H24N4O/c1-10(2)7-11-4-6-19(9-11)15(20)14-12-8-16-5-3-13(12)17-18-14/h10-11,16H,3-9H2,1-2H3,(H,17,18). The first-order valence-corrected chi connectivity index (χ1v) is 7.71. The van der Waals surface area contributed by atoms with Gasteiger partial charge in [0.15, 0.2) is 5.69 Å². The summed E-state index contributed by atoms with van der Waals surface area (Å²) in [5.41, 5.74) is 2.84. The number of hydrogen-bond acceptors (Lipinski definition) is 3. The van der Waals surface area contributed by atoms with E-state index >= 15 is 0 Å². The monoisotopic (exact) mass is 276 g/mol. The van der Waals surface area contributed by atoms with E-state index < -0.39 is 0 Å². The van der Waals surface area contributed by atoms with E-state index in [0.717, 1.165) is 50.3 Å². The minimum absolute atomic E-state index is 0.109. The first kappa shape index (κ1) is 13.6. The number of hydrogen-bond donors (Lipinski definition) is 2. The number of aromatic nitrogens is 2. The maximum Gasteiger partial charge on any atom is 0.274 e. The fraction of sp³-hybridized carbons (Fsp3) is 0.733. The van der Waals surface area contributed by atoms with Gasteiger partial charge in [-0.05, 0) is 24.7 Å². The molecule has 1 saturated heterocycles. The van der Waals surface area contributed by atoms with Crippen molar-refractivity contribution in [2.45, 2.75) is 39.7 Å². The zero-order valence-electron chi connectivity index (χ0n) is 12.4. The van der Waals surface area contributed by atoms with Crippen LogP contribution in [0.3, 0.4) is 0 Å². The second kappa shape index (κ2) is 5.56. The van der Waals surface area contributed by atoms with Crippen molar-refractivity contribution in [3.05, 3.63) is 17.0 Å². The van der Waals surface area contributed by atoms with E-state index in [4.69, 9.17) is 0 Å². The van der Waals surface area contributed by atoms with Crippen LogP contribution in [-0.4, -0.2) is 40.6 Å². The van der Waals surface area contributed by atoms with Crippen LogP contribution in [-0.2, 0) is 13.0 Å². The highest BCUT2D eigenvalue weighted by atomic mass is 16.2. The van der Waals surface area contributed by atoms with Crippen molar-refractivity contribution in [3.8, 4) is 0 Å². The number of likely N-dealkylation sites (tertiary alicyclic amines) is 1. The Morgan fingerprint density at radius 2 is 2.35 bits per heavy atom. The first-order chi connectivity index (χ1) is 9.65. The molecule has 5 heteroatoms. The number of fused-ring (bicyclic) bond motifs is 1. The van der Waals surface area contributed by atoms with Crippen LogP contribution in [0.1, 0.15) is 48.4 Å². The number of carbonyl (C=O) groups excluding carboxylic acids is 1. The van der Waals surface area contributed by atoms with Gasteiger partial charge < -0.3 is 10.2 Å². The molecule has 110 valence electrons. The summed E-state index contributed by atoms with van der Waals surface area (Å²) in [7, 11) is 0. The average molecular weight is 276 g/mol. The number of H-pyrrole nitrogens is 1. The van der Waals surface area contributed by atoms with Gasteiger partial charge >= 0.3 is 0 Å². The van der Waals surface area contributed by atoms with E-state index in [2.05, 4.69) is 29.4 Å². The van der Waals surface area contributed by atoms with Gasteiger partial charge in [0.05, 0.1) is 0 Å². The fourth-order valence-electron chi connectivity index (χ4n) is 3.43. The molecule has 3 heterocycles. The predicted octanol–water partition coefficient (Wildman–Crippen LogP) is 1.56. The minimum Gasteiger partial charge on any atom is -0.337 e. The van der Waals surface area contributed by atoms with Gasteiger partial charge in [-0.1, -0.05) is 13.8 Å². The van der Waals surface area contributed by atoms with Gasteiger partial charge in [0.1, 0.15) is 0 Å². The Hall–Kier alpha value is -1.36. The molecule has 0 saturated carbocycles.